The molecule has 3 aromatic carbocycles. The number of aliphatic hydroxyl groups is 1. The zero-order valence-corrected chi connectivity index (χ0v) is 23.7. The van der Waals surface area contributed by atoms with Crippen LogP contribution < -0.4 is 20.3 Å². The van der Waals surface area contributed by atoms with Crippen molar-refractivity contribution < 1.29 is 37.3 Å². The maximum absolute atomic E-state index is 13.7. The lowest BCUT2D eigenvalue weighted by Gasteiger charge is -2.28. The van der Waals surface area contributed by atoms with E-state index in [0.29, 0.717) is 35.8 Å². The lowest BCUT2D eigenvalue weighted by atomic mass is 9.86. The fourth-order valence-electron chi connectivity index (χ4n) is 4.22. The molecule has 3 N–H and O–H groups in total. The van der Waals surface area contributed by atoms with Crippen LogP contribution in [0.5, 0.6) is 11.5 Å². The molecule has 1 amide bonds. The van der Waals surface area contributed by atoms with Crippen molar-refractivity contribution in [2.24, 2.45) is 4.99 Å². The van der Waals surface area contributed by atoms with Crippen LogP contribution in [-0.4, -0.2) is 48.1 Å². The summed E-state index contributed by atoms with van der Waals surface area (Å²) >= 11 is 3.55. The van der Waals surface area contributed by atoms with Gasteiger partial charge >= 0.3 is 6.36 Å². The van der Waals surface area contributed by atoms with E-state index in [9.17, 15) is 18.0 Å². The molecule has 1 aliphatic heterocycles. The van der Waals surface area contributed by atoms with E-state index in [4.69, 9.17) is 19.6 Å². The molecule has 0 unspecified atom stereocenters. The fraction of sp³-hybridized carbons (Fsp3) is 0.310. The lowest BCUT2D eigenvalue weighted by molar-refractivity contribution is -0.274. The largest absolute Gasteiger partial charge is 0.573 e. The number of carbonyl (C=O) groups excluding carboxylic acids is 1. The van der Waals surface area contributed by atoms with Gasteiger partial charge in [-0.2, -0.15) is 0 Å². The summed E-state index contributed by atoms with van der Waals surface area (Å²) in [5.41, 5.74) is 6.37. The number of hydrogen-bond donors (Lipinski definition) is 3. The summed E-state index contributed by atoms with van der Waals surface area (Å²) < 4.78 is 53.7. The van der Waals surface area contributed by atoms with Crippen molar-refractivity contribution >= 4 is 27.7 Å². The van der Waals surface area contributed by atoms with E-state index in [1.54, 1.807) is 31.2 Å². The number of hydrazine groups is 1. The Morgan fingerprint density at radius 1 is 1.07 bits per heavy atom. The van der Waals surface area contributed by atoms with Crippen molar-refractivity contribution in [3.05, 3.63) is 94.0 Å². The number of amides is 1. The number of aliphatic imine (C=N–C) groups is 1. The Morgan fingerprint density at radius 2 is 1.76 bits per heavy atom. The number of carbonyl (C=O) groups is 1. The highest BCUT2D eigenvalue weighted by molar-refractivity contribution is 9.10. The van der Waals surface area contributed by atoms with E-state index < -0.39 is 23.9 Å². The number of benzene rings is 3. The van der Waals surface area contributed by atoms with Crippen molar-refractivity contribution in [2.45, 2.75) is 44.3 Å². The number of ether oxygens (including phenoxy) is 3. The third kappa shape index (κ3) is 7.99. The number of hydrogen-bond acceptors (Lipinski definition) is 7. The first-order chi connectivity index (χ1) is 19.6. The number of rotatable bonds is 12. The summed E-state index contributed by atoms with van der Waals surface area (Å²) in [7, 11) is 0. The molecule has 3 aromatic rings. The molecule has 0 spiro atoms. The maximum Gasteiger partial charge on any atom is 0.573 e. The Kier molecular flexibility index (Phi) is 9.90. The summed E-state index contributed by atoms with van der Waals surface area (Å²) in [5, 5.41) is 8.94. The molecular weight excluding hydrogens is 607 g/mol. The standard InChI is InChI=1S/C29H29BrF3N3O5/c1-19-28(17-22-5-2-3-6-25(22)30,35-26(40-19)21-9-13-23(14-10-21)39-16-4-15-37)27(38)36-34-18-20-7-11-24(12-8-20)41-29(31,32)33/h2-3,5-14,19,34,37H,4,15-18H2,1H3,(H,36,38)/t19-,28-/m0/s1. The zero-order valence-electron chi connectivity index (χ0n) is 22.1. The molecule has 0 aliphatic carbocycles. The van der Waals surface area contributed by atoms with E-state index >= 15 is 0 Å². The molecule has 41 heavy (non-hydrogen) atoms. The molecule has 0 bridgehead atoms. The highest BCUT2D eigenvalue weighted by Gasteiger charge is 2.50. The van der Waals surface area contributed by atoms with Gasteiger partial charge in [-0.15, -0.1) is 13.2 Å². The van der Waals surface area contributed by atoms with Crippen LogP contribution in [-0.2, 0) is 22.5 Å². The minimum Gasteiger partial charge on any atom is -0.494 e. The second-order valence-corrected chi connectivity index (χ2v) is 10.2. The quantitative estimate of drug-likeness (QED) is 0.190. The lowest BCUT2D eigenvalue weighted by Crippen LogP contribution is -2.55. The highest BCUT2D eigenvalue weighted by atomic mass is 79.9. The van der Waals surface area contributed by atoms with E-state index in [-0.39, 0.29) is 25.3 Å². The third-order valence-electron chi connectivity index (χ3n) is 6.40. The van der Waals surface area contributed by atoms with E-state index in [1.807, 2.05) is 24.3 Å². The number of nitrogens with one attached hydrogen (secondary N) is 2. The van der Waals surface area contributed by atoms with Crippen molar-refractivity contribution in [3.8, 4) is 11.5 Å². The molecule has 1 aliphatic rings. The SMILES string of the molecule is C[C@@H]1OC(c2ccc(OCCCO)cc2)=N[C@]1(Cc1ccccc1Br)C(=O)NNCc1ccc(OC(F)(F)F)cc1. The van der Waals surface area contributed by atoms with Gasteiger partial charge in [-0.05, 0) is 60.5 Å². The van der Waals surface area contributed by atoms with E-state index in [2.05, 4.69) is 31.5 Å². The first-order valence-corrected chi connectivity index (χ1v) is 13.6. The van der Waals surface area contributed by atoms with Crippen LogP contribution >= 0.6 is 15.9 Å². The minimum atomic E-state index is -4.77. The second-order valence-electron chi connectivity index (χ2n) is 9.32. The van der Waals surface area contributed by atoms with Crippen LogP contribution in [0.25, 0.3) is 0 Å². The predicted molar refractivity (Wildman–Crippen MR) is 149 cm³/mol. The Hall–Kier alpha value is -3.61. The van der Waals surface area contributed by atoms with Crippen LogP contribution in [0.2, 0.25) is 0 Å². The molecule has 0 fully saturated rings. The first kappa shape index (κ1) is 30.4. The maximum atomic E-state index is 13.7. The predicted octanol–water partition coefficient (Wildman–Crippen LogP) is 5.08. The molecule has 0 saturated carbocycles. The van der Waals surface area contributed by atoms with Crippen LogP contribution in [0, 0.1) is 0 Å². The van der Waals surface area contributed by atoms with Crippen molar-refractivity contribution in [1.82, 2.24) is 10.9 Å². The van der Waals surface area contributed by atoms with Crippen molar-refractivity contribution in [1.29, 1.82) is 0 Å². The second kappa shape index (κ2) is 13.4. The molecule has 4 rings (SSSR count). The van der Waals surface area contributed by atoms with Crippen LogP contribution in [0.1, 0.15) is 30.0 Å². The van der Waals surface area contributed by atoms with Crippen LogP contribution in [0.3, 0.4) is 0 Å². The summed E-state index contributed by atoms with van der Waals surface area (Å²) in [6, 6.07) is 20.0. The third-order valence-corrected chi connectivity index (χ3v) is 7.17. The summed E-state index contributed by atoms with van der Waals surface area (Å²) in [6.07, 6.45) is -4.65. The Balaban J connectivity index is 1.51. The van der Waals surface area contributed by atoms with Crippen LogP contribution in [0.4, 0.5) is 13.2 Å². The van der Waals surface area contributed by atoms with E-state index in [0.717, 1.165) is 10.0 Å². The zero-order chi connectivity index (χ0) is 29.5. The average molecular weight is 636 g/mol. The van der Waals surface area contributed by atoms with Crippen molar-refractivity contribution in [2.75, 3.05) is 13.2 Å². The smallest absolute Gasteiger partial charge is 0.494 e. The number of alkyl halides is 3. The van der Waals surface area contributed by atoms with Gasteiger partial charge in [0.1, 0.15) is 17.6 Å². The molecule has 2 atom stereocenters. The van der Waals surface area contributed by atoms with Gasteiger partial charge in [-0.25, -0.2) is 10.4 Å². The molecule has 0 aromatic heterocycles. The van der Waals surface area contributed by atoms with Gasteiger partial charge in [-0.1, -0.05) is 46.3 Å². The molecule has 0 radical (unpaired) electrons. The van der Waals surface area contributed by atoms with Gasteiger partial charge in [0.25, 0.3) is 5.91 Å². The normalized spacial score (nSPS) is 18.4. The summed E-state index contributed by atoms with van der Waals surface area (Å²) in [6.45, 7) is 2.35. The van der Waals surface area contributed by atoms with Gasteiger partial charge in [0, 0.05) is 36.0 Å². The highest BCUT2D eigenvalue weighted by Crippen LogP contribution is 2.34. The Labute approximate surface area is 243 Å². The Bertz CT molecular complexity index is 1350. The number of aliphatic hydroxyl groups excluding tert-OH is 1. The van der Waals surface area contributed by atoms with Gasteiger partial charge in [0.2, 0.25) is 5.90 Å². The molecule has 8 nitrogen and oxygen atoms in total. The molecule has 1 heterocycles. The van der Waals surface area contributed by atoms with E-state index in [1.165, 1.54) is 24.3 Å². The van der Waals surface area contributed by atoms with Gasteiger partial charge < -0.3 is 19.3 Å². The molecule has 12 heteroatoms. The average Bonchev–Trinajstić information content (AvgIpc) is 3.27. The van der Waals surface area contributed by atoms with Gasteiger partial charge in [0.15, 0.2) is 5.54 Å². The summed E-state index contributed by atoms with van der Waals surface area (Å²) in [5.74, 6) is 0.174. The van der Waals surface area contributed by atoms with Crippen LogP contribution in [0.15, 0.2) is 82.3 Å². The topological polar surface area (TPSA) is 101 Å². The minimum absolute atomic E-state index is 0.0420. The molecular formula is C29H29BrF3N3O5. The summed E-state index contributed by atoms with van der Waals surface area (Å²) in [4.78, 5) is 18.5. The number of halogens is 4. The number of nitrogens with zero attached hydrogens (tertiary/aromatic N) is 1. The molecule has 0 saturated heterocycles. The van der Waals surface area contributed by atoms with Gasteiger partial charge in [-0.3, -0.25) is 10.2 Å². The van der Waals surface area contributed by atoms with Gasteiger partial charge in [0.05, 0.1) is 6.61 Å². The molecule has 218 valence electrons. The monoisotopic (exact) mass is 635 g/mol. The van der Waals surface area contributed by atoms with Crippen molar-refractivity contribution in [3.63, 3.8) is 0 Å². The Morgan fingerprint density at radius 3 is 2.41 bits per heavy atom. The first-order valence-electron chi connectivity index (χ1n) is 12.8. The fourth-order valence-corrected chi connectivity index (χ4v) is 4.64.